The first-order valence-corrected chi connectivity index (χ1v) is 5.00. The van der Waals surface area contributed by atoms with Crippen molar-refractivity contribution in [1.82, 2.24) is 0 Å². The average molecular weight is 180 g/mol. The van der Waals surface area contributed by atoms with Crippen molar-refractivity contribution in [1.29, 1.82) is 0 Å². The Hall–Kier alpha value is -0.560. The largest absolute Gasteiger partial charge is 0.396 e. The maximum Gasteiger partial charge on any atom is 0.0493 e. The molecule has 0 amide bonds. The quantitative estimate of drug-likeness (QED) is 0.662. The van der Waals surface area contributed by atoms with Crippen LogP contribution in [0.5, 0.6) is 0 Å². The zero-order chi connectivity index (χ0) is 9.90. The minimum Gasteiger partial charge on any atom is -0.396 e. The molecule has 0 aromatic rings. The van der Waals surface area contributed by atoms with Crippen molar-refractivity contribution in [3.05, 3.63) is 23.8 Å². The number of hydrogen-bond acceptors (Lipinski definition) is 1. The van der Waals surface area contributed by atoms with E-state index in [1.165, 1.54) is 11.1 Å². The monoisotopic (exact) mass is 180 g/mol. The first-order valence-electron chi connectivity index (χ1n) is 5.00. The Balaban J connectivity index is 2.77. The zero-order valence-corrected chi connectivity index (χ0v) is 8.77. The van der Waals surface area contributed by atoms with Crippen LogP contribution in [-0.4, -0.2) is 11.7 Å². The lowest BCUT2D eigenvalue weighted by molar-refractivity contribution is 0.111. The second-order valence-corrected chi connectivity index (χ2v) is 4.39. The third-order valence-corrected chi connectivity index (χ3v) is 3.31. The van der Waals surface area contributed by atoms with E-state index < -0.39 is 0 Å². The molecule has 1 nitrogen and oxygen atoms in total. The summed E-state index contributed by atoms with van der Waals surface area (Å²) in [6.45, 7) is 8.44. The van der Waals surface area contributed by atoms with Crippen LogP contribution in [0.2, 0.25) is 0 Å². The molecule has 0 aliphatic heterocycles. The van der Waals surface area contributed by atoms with Crippen LogP contribution in [0.15, 0.2) is 23.8 Å². The molecule has 0 saturated carbocycles. The van der Waals surface area contributed by atoms with E-state index in [1.807, 2.05) is 6.08 Å². The van der Waals surface area contributed by atoms with Crippen LogP contribution in [0, 0.1) is 5.41 Å². The Labute approximate surface area is 81.2 Å². The van der Waals surface area contributed by atoms with Gasteiger partial charge in [-0.05, 0) is 39.5 Å². The normalized spacial score (nSPS) is 29.2. The minimum atomic E-state index is 0.103. The highest BCUT2D eigenvalue weighted by molar-refractivity contribution is 5.17. The van der Waals surface area contributed by atoms with E-state index in [4.69, 9.17) is 0 Å². The van der Waals surface area contributed by atoms with Gasteiger partial charge in [-0.2, -0.15) is 0 Å². The molecule has 1 aliphatic rings. The molecular formula is C12H20O. The Morgan fingerprint density at radius 3 is 2.62 bits per heavy atom. The van der Waals surface area contributed by atoms with Gasteiger partial charge in [0.15, 0.2) is 0 Å². The molecule has 1 N–H and O–H groups in total. The van der Waals surface area contributed by atoms with Gasteiger partial charge in [0.25, 0.3) is 0 Å². The molecule has 0 heterocycles. The maximum atomic E-state index is 9.41. The van der Waals surface area contributed by atoms with Crippen molar-refractivity contribution in [2.45, 2.75) is 39.5 Å². The minimum absolute atomic E-state index is 0.103. The predicted molar refractivity (Wildman–Crippen MR) is 56.6 cm³/mol. The van der Waals surface area contributed by atoms with Gasteiger partial charge in [0.1, 0.15) is 0 Å². The molecule has 0 aromatic carbocycles. The van der Waals surface area contributed by atoms with Crippen LogP contribution in [0.25, 0.3) is 0 Å². The van der Waals surface area contributed by atoms with Crippen LogP contribution < -0.4 is 0 Å². The summed E-state index contributed by atoms with van der Waals surface area (Å²) in [4.78, 5) is 0. The van der Waals surface area contributed by atoms with E-state index in [0.717, 1.165) is 25.7 Å². The summed E-state index contributed by atoms with van der Waals surface area (Å²) in [5, 5.41) is 9.41. The van der Waals surface area contributed by atoms with Crippen LogP contribution in [-0.2, 0) is 0 Å². The summed E-state index contributed by atoms with van der Waals surface area (Å²) in [5.41, 5.74) is 3.07. The second-order valence-electron chi connectivity index (χ2n) is 4.39. The highest BCUT2D eigenvalue weighted by Crippen LogP contribution is 2.41. The van der Waals surface area contributed by atoms with Crippen LogP contribution in [0.3, 0.4) is 0 Å². The molecule has 1 heteroatoms. The molecule has 0 radical (unpaired) electrons. The topological polar surface area (TPSA) is 20.2 Å². The molecule has 1 unspecified atom stereocenters. The van der Waals surface area contributed by atoms with Crippen LogP contribution in [0.4, 0.5) is 0 Å². The Kier molecular flexibility index (Phi) is 3.32. The summed E-state index contributed by atoms with van der Waals surface area (Å²) in [7, 11) is 0. The summed E-state index contributed by atoms with van der Waals surface area (Å²) in [5.74, 6) is 0. The van der Waals surface area contributed by atoms with Gasteiger partial charge in [0.05, 0.1) is 0 Å². The number of hydrogen-bond donors (Lipinski definition) is 1. The van der Waals surface area contributed by atoms with E-state index in [2.05, 4.69) is 20.4 Å². The number of allylic oxidation sites excluding steroid dienone is 3. The van der Waals surface area contributed by atoms with Gasteiger partial charge in [-0.3, -0.25) is 0 Å². The Bertz CT molecular complexity index is 227. The third-order valence-electron chi connectivity index (χ3n) is 3.31. The zero-order valence-electron chi connectivity index (χ0n) is 8.77. The number of rotatable bonds is 3. The molecule has 1 aliphatic carbocycles. The standard InChI is InChI=1S/C12H20O/c1-4-6-12(9-13)7-5-10(2)11(3)8-12/h4,13H,1,5-9H2,2-3H3. The van der Waals surface area contributed by atoms with E-state index in [1.54, 1.807) is 0 Å². The molecule has 0 saturated heterocycles. The summed E-state index contributed by atoms with van der Waals surface area (Å²) in [6.07, 6.45) is 6.17. The van der Waals surface area contributed by atoms with Crippen molar-refractivity contribution in [3.63, 3.8) is 0 Å². The highest BCUT2D eigenvalue weighted by atomic mass is 16.3. The molecule has 0 bridgehead atoms. The summed E-state index contributed by atoms with van der Waals surface area (Å²) >= 11 is 0. The van der Waals surface area contributed by atoms with E-state index in [0.29, 0.717) is 6.61 Å². The lowest BCUT2D eigenvalue weighted by Gasteiger charge is -2.36. The molecule has 13 heavy (non-hydrogen) atoms. The van der Waals surface area contributed by atoms with Gasteiger partial charge >= 0.3 is 0 Å². The molecule has 1 atom stereocenters. The highest BCUT2D eigenvalue weighted by Gasteiger charge is 2.31. The summed E-state index contributed by atoms with van der Waals surface area (Å²) in [6, 6.07) is 0. The van der Waals surface area contributed by atoms with Crippen molar-refractivity contribution in [3.8, 4) is 0 Å². The molecule has 0 aromatic heterocycles. The molecule has 0 fully saturated rings. The smallest absolute Gasteiger partial charge is 0.0493 e. The molecule has 1 rings (SSSR count). The lowest BCUT2D eigenvalue weighted by Crippen LogP contribution is -2.28. The van der Waals surface area contributed by atoms with Crippen molar-refractivity contribution in [2.24, 2.45) is 5.41 Å². The van der Waals surface area contributed by atoms with E-state index in [-0.39, 0.29) is 5.41 Å². The first kappa shape index (κ1) is 10.5. The Morgan fingerprint density at radius 1 is 1.46 bits per heavy atom. The van der Waals surface area contributed by atoms with Gasteiger partial charge < -0.3 is 5.11 Å². The molecular weight excluding hydrogens is 160 g/mol. The van der Waals surface area contributed by atoms with Crippen LogP contribution in [0.1, 0.15) is 39.5 Å². The first-order chi connectivity index (χ1) is 6.13. The second kappa shape index (κ2) is 4.10. The predicted octanol–water partition coefficient (Wildman–Crippen LogP) is 3.06. The number of aliphatic hydroxyl groups is 1. The van der Waals surface area contributed by atoms with E-state index in [9.17, 15) is 5.11 Å². The van der Waals surface area contributed by atoms with Gasteiger partial charge in [0.2, 0.25) is 0 Å². The average Bonchev–Trinajstić information content (AvgIpc) is 2.12. The van der Waals surface area contributed by atoms with Crippen molar-refractivity contribution >= 4 is 0 Å². The summed E-state index contributed by atoms with van der Waals surface area (Å²) < 4.78 is 0. The van der Waals surface area contributed by atoms with Crippen molar-refractivity contribution < 1.29 is 5.11 Å². The fourth-order valence-electron chi connectivity index (χ4n) is 2.15. The number of aliphatic hydroxyl groups excluding tert-OH is 1. The van der Waals surface area contributed by atoms with Crippen LogP contribution >= 0.6 is 0 Å². The Morgan fingerprint density at radius 2 is 2.15 bits per heavy atom. The van der Waals surface area contributed by atoms with Gasteiger partial charge in [-0.15, -0.1) is 6.58 Å². The third kappa shape index (κ3) is 2.22. The fourth-order valence-corrected chi connectivity index (χ4v) is 2.15. The van der Waals surface area contributed by atoms with Gasteiger partial charge in [-0.25, -0.2) is 0 Å². The van der Waals surface area contributed by atoms with Gasteiger partial charge in [0, 0.05) is 12.0 Å². The van der Waals surface area contributed by atoms with Crippen molar-refractivity contribution in [2.75, 3.05) is 6.61 Å². The van der Waals surface area contributed by atoms with E-state index >= 15 is 0 Å². The lowest BCUT2D eigenvalue weighted by atomic mass is 9.70. The fraction of sp³-hybridized carbons (Fsp3) is 0.667. The maximum absolute atomic E-state index is 9.41. The molecule has 74 valence electrons. The molecule has 0 spiro atoms. The SMILES string of the molecule is C=CCC1(CO)CCC(C)=C(C)C1. The van der Waals surface area contributed by atoms with Gasteiger partial charge in [-0.1, -0.05) is 17.2 Å².